The molecule has 140 valence electrons. The molecule has 0 aliphatic carbocycles. The minimum Gasteiger partial charge on any atom is -0.487 e. The first-order chi connectivity index (χ1) is 12.9. The Bertz CT molecular complexity index is 945. The monoisotopic (exact) mass is 423 g/mol. The summed E-state index contributed by atoms with van der Waals surface area (Å²) >= 11 is 18.3. The van der Waals surface area contributed by atoms with E-state index in [1.54, 1.807) is 18.2 Å². The van der Waals surface area contributed by atoms with Crippen molar-refractivity contribution in [1.82, 2.24) is 0 Å². The lowest BCUT2D eigenvalue weighted by atomic mass is 10.1. The van der Waals surface area contributed by atoms with Crippen LogP contribution in [-0.2, 0) is 13.2 Å². The number of nitrogens with one attached hydrogen (secondary N) is 1. The number of ether oxygens (including phenoxy) is 1. The first kappa shape index (κ1) is 19.8. The number of rotatable bonds is 6. The smallest absolute Gasteiger partial charge is 0.143 e. The predicted molar refractivity (Wildman–Crippen MR) is 111 cm³/mol. The maximum atomic E-state index is 13.3. The summed E-state index contributed by atoms with van der Waals surface area (Å²) < 4.78 is 19.3. The molecule has 0 bridgehead atoms. The fourth-order valence-electron chi connectivity index (χ4n) is 2.55. The van der Waals surface area contributed by atoms with E-state index in [0.29, 0.717) is 34.6 Å². The SMILES string of the molecule is Cc1ccc(COc2c(Cl)cc(Cl)cc2CNc2ccc(F)c(Cl)c2)cc1. The zero-order valence-electron chi connectivity index (χ0n) is 14.5. The van der Waals surface area contributed by atoms with E-state index in [9.17, 15) is 4.39 Å². The third kappa shape index (κ3) is 5.29. The molecule has 3 aromatic carbocycles. The van der Waals surface area contributed by atoms with Crippen LogP contribution in [0.5, 0.6) is 5.75 Å². The summed E-state index contributed by atoms with van der Waals surface area (Å²) in [6.45, 7) is 2.81. The van der Waals surface area contributed by atoms with E-state index in [0.717, 1.165) is 11.1 Å². The van der Waals surface area contributed by atoms with Crippen molar-refractivity contribution >= 4 is 40.5 Å². The van der Waals surface area contributed by atoms with Gasteiger partial charge in [-0.3, -0.25) is 0 Å². The maximum Gasteiger partial charge on any atom is 0.143 e. The maximum absolute atomic E-state index is 13.3. The summed E-state index contributed by atoms with van der Waals surface area (Å²) in [6, 6.07) is 16.0. The second-order valence-corrected chi connectivity index (χ2v) is 7.38. The van der Waals surface area contributed by atoms with Crippen LogP contribution < -0.4 is 10.1 Å². The second-order valence-electron chi connectivity index (χ2n) is 6.13. The van der Waals surface area contributed by atoms with Crippen LogP contribution >= 0.6 is 34.8 Å². The molecule has 0 fully saturated rings. The Morgan fingerprint density at radius 1 is 0.926 bits per heavy atom. The molecule has 0 radical (unpaired) electrons. The van der Waals surface area contributed by atoms with Crippen LogP contribution in [0.1, 0.15) is 16.7 Å². The van der Waals surface area contributed by atoms with E-state index in [4.69, 9.17) is 39.5 Å². The van der Waals surface area contributed by atoms with Crippen LogP contribution in [0.2, 0.25) is 15.1 Å². The fourth-order valence-corrected chi connectivity index (χ4v) is 3.32. The first-order valence-electron chi connectivity index (χ1n) is 8.27. The van der Waals surface area contributed by atoms with Gasteiger partial charge in [-0.1, -0.05) is 64.6 Å². The lowest BCUT2D eigenvalue weighted by molar-refractivity contribution is 0.303. The summed E-state index contributed by atoms with van der Waals surface area (Å²) in [5.74, 6) is 0.0949. The molecular formula is C21H17Cl3FNO. The van der Waals surface area contributed by atoms with Crippen molar-refractivity contribution < 1.29 is 9.13 Å². The molecule has 0 atom stereocenters. The van der Waals surface area contributed by atoms with Crippen molar-refractivity contribution in [2.75, 3.05) is 5.32 Å². The number of aryl methyl sites for hydroxylation is 1. The van der Waals surface area contributed by atoms with Gasteiger partial charge in [0, 0.05) is 22.8 Å². The Hall–Kier alpha value is -1.94. The third-order valence-corrected chi connectivity index (χ3v) is 4.78. The summed E-state index contributed by atoms with van der Waals surface area (Å²) in [5.41, 5.74) is 3.70. The van der Waals surface area contributed by atoms with Crippen LogP contribution in [0.3, 0.4) is 0 Å². The van der Waals surface area contributed by atoms with Crippen LogP contribution in [0.4, 0.5) is 10.1 Å². The van der Waals surface area contributed by atoms with Crippen molar-refractivity contribution in [2.24, 2.45) is 0 Å². The van der Waals surface area contributed by atoms with Gasteiger partial charge in [-0.2, -0.15) is 0 Å². The Morgan fingerprint density at radius 3 is 2.37 bits per heavy atom. The fraction of sp³-hybridized carbons (Fsp3) is 0.143. The molecule has 0 saturated heterocycles. The molecule has 0 saturated carbocycles. The normalized spacial score (nSPS) is 10.7. The average Bonchev–Trinajstić information content (AvgIpc) is 2.63. The highest BCUT2D eigenvalue weighted by Crippen LogP contribution is 2.34. The Balaban J connectivity index is 1.77. The first-order valence-corrected chi connectivity index (χ1v) is 9.41. The molecule has 0 aliphatic heterocycles. The van der Waals surface area contributed by atoms with Gasteiger partial charge >= 0.3 is 0 Å². The summed E-state index contributed by atoms with van der Waals surface area (Å²) in [4.78, 5) is 0. The van der Waals surface area contributed by atoms with E-state index >= 15 is 0 Å². The predicted octanol–water partition coefficient (Wildman–Crippen LogP) is 7.29. The summed E-state index contributed by atoms with van der Waals surface area (Å²) in [5, 5.41) is 4.18. The zero-order valence-corrected chi connectivity index (χ0v) is 16.8. The van der Waals surface area contributed by atoms with Crippen molar-refractivity contribution in [3.63, 3.8) is 0 Å². The van der Waals surface area contributed by atoms with Crippen molar-refractivity contribution in [1.29, 1.82) is 0 Å². The van der Waals surface area contributed by atoms with Gasteiger partial charge in [0.1, 0.15) is 18.2 Å². The highest BCUT2D eigenvalue weighted by Gasteiger charge is 2.12. The van der Waals surface area contributed by atoms with Gasteiger partial charge in [0.05, 0.1) is 10.0 Å². The molecule has 3 aromatic rings. The van der Waals surface area contributed by atoms with E-state index in [2.05, 4.69) is 5.32 Å². The van der Waals surface area contributed by atoms with Gasteiger partial charge in [-0.15, -0.1) is 0 Å². The molecule has 2 nitrogen and oxygen atoms in total. The molecular weight excluding hydrogens is 408 g/mol. The molecule has 6 heteroatoms. The lowest BCUT2D eigenvalue weighted by Gasteiger charge is -2.15. The Morgan fingerprint density at radius 2 is 1.67 bits per heavy atom. The van der Waals surface area contributed by atoms with Gasteiger partial charge in [0.15, 0.2) is 0 Å². The van der Waals surface area contributed by atoms with Gasteiger partial charge in [0.2, 0.25) is 0 Å². The van der Waals surface area contributed by atoms with E-state index in [-0.39, 0.29) is 5.02 Å². The number of anilines is 1. The lowest BCUT2D eigenvalue weighted by Crippen LogP contribution is -2.05. The molecule has 1 N–H and O–H groups in total. The van der Waals surface area contributed by atoms with E-state index in [1.807, 2.05) is 31.2 Å². The van der Waals surface area contributed by atoms with Gasteiger partial charge in [0.25, 0.3) is 0 Å². The molecule has 0 heterocycles. The van der Waals surface area contributed by atoms with Crippen LogP contribution in [0.25, 0.3) is 0 Å². The highest BCUT2D eigenvalue weighted by molar-refractivity contribution is 6.35. The molecule has 0 spiro atoms. The number of halogens is 4. The Kier molecular flexibility index (Phi) is 6.48. The number of hydrogen-bond acceptors (Lipinski definition) is 2. The van der Waals surface area contributed by atoms with Gasteiger partial charge in [-0.05, 0) is 42.8 Å². The summed E-state index contributed by atoms with van der Waals surface area (Å²) in [7, 11) is 0. The zero-order chi connectivity index (χ0) is 19.4. The molecule has 27 heavy (non-hydrogen) atoms. The molecule has 0 aromatic heterocycles. The highest BCUT2D eigenvalue weighted by atomic mass is 35.5. The quantitative estimate of drug-likeness (QED) is 0.449. The van der Waals surface area contributed by atoms with Gasteiger partial charge in [-0.25, -0.2) is 4.39 Å². The molecule has 0 amide bonds. The molecule has 0 aliphatic rings. The average molecular weight is 425 g/mol. The van der Waals surface area contributed by atoms with Crippen molar-refractivity contribution in [2.45, 2.75) is 20.1 Å². The standard InChI is InChI=1S/C21H17Cl3FNO/c1-13-2-4-14(5-3-13)12-27-21-15(8-16(22)9-19(21)24)11-26-17-6-7-20(25)18(23)10-17/h2-10,26H,11-12H2,1H3. The summed E-state index contributed by atoms with van der Waals surface area (Å²) in [6.07, 6.45) is 0. The van der Waals surface area contributed by atoms with Crippen LogP contribution in [0.15, 0.2) is 54.6 Å². The van der Waals surface area contributed by atoms with Crippen LogP contribution in [-0.4, -0.2) is 0 Å². The second kappa shape index (κ2) is 8.83. The minimum absolute atomic E-state index is 0.0555. The number of hydrogen-bond donors (Lipinski definition) is 1. The molecule has 0 unspecified atom stereocenters. The van der Waals surface area contributed by atoms with E-state index < -0.39 is 5.82 Å². The topological polar surface area (TPSA) is 21.3 Å². The number of benzene rings is 3. The minimum atomic E-state index is -0.463. The Labute approximate surface area is 172 Å². The third-order valence-electron chi connectivity index (χ3n) is 3.99. The van der Waals surface area contributed by atoms with Crippen molar-refractivity contribution in [3.05, 3.63) is 92.2 Å². The van der Waals surface area contributed by atoms with E-state index in [1.165, 1.54) is 17.7 Å². The van der Waals surface area contributed by atoms with Crippen molar-refractivity contribution in [3.8, 4) is 5.75 Å². The largest absolute Gasteiger partial charge is 0.487 e. The molecule has 3 rings (SSSR count). The van der Waals surface area contributed by atoms with Crippen LogP contribution in [0, 0.1) is 12.7 Å². The van der Waals surface area contributed by atoms with Gasteiger partial charge < -0.3 is 10.1 Å².